The van der Waals surface area contributed by atoms with Crippen molar-refractivity contribution in [3.05, 3.63) is 53.0 Å². The Morgan fingerprint density at radius 1 is 1.21 bits per heavy atom. The predicted molar refractivity (Wildman–Crippen MR) is 112 cm³/mol. The number of aromatic nitrogens is 1. The van der Waals surface area contributed by atoms with Gasteiger partial charge in [0.15, 0.2) is 5.13 Å². The molecule has 2 N–H and O–H groups in total. The molecule has 0 aliphatic carbocycles. The van der Waals surface area contributed by atoms with Crippen molar-refractivity contribution in [2.24, 2.45) is 0 Å². The molecule has 3 rings (SSSR count). The van der Waals surface area contributed by atoms with Gasteiger partial charge >= 0.3 is 0 Å². The van der Waals surface area contributed by atoms with Crippen molar-refractivity contribution < 1.29 is 9.59 Å². The number of carbonyl (C=O) groups excluding carboxylic acids is 2. The monoisotopic (exact) mass is 419 g/mol. The van der Waals surface area contributed by atoms with E-state index in [1.54, 1.807) is 28.5 Å². The fraction of sp³-hybridized carbons (Fsp3) is 0.316. The summed E-state index contributed by atoms with van der Waals surface area (Å²) in [6.07, 6.45) is 1.65. The SMILES string of the molecule is C=CCNC(=O)CN1CCN(C(=O)c2csc(Nc3ccc(Cl)cc3)n2)CC1. The molecule has 2 heterocycles. The van der Waals surface area contributed by atoms with Gasteiger partial charge in [-0.1, -0.05) is 17.7 Å². The van der Waals surface area contributed by atoms with Gasteiger partial charge in [0.05, 0.1) is 6.54 Å². The predicted octanol–water partition coefficient (Wildman–Crippen LogP) is 2.60. The number of nitrogens with one attached hydrogen (secondary N) is 2. The number of piperazine rings is 1. The molecule has 2 amide bonds. The summed E-state index contributed by atoms with van der Waals surface area (Å²) in [6, 6.07) is 7.30. The second-order valence-corrected chi connectivity index (χ2v) is 7.63. The van der Waals surface area contributed by atoms with Gasteiger partial charge in [0.1, 0.15) is 5.69 Å². The summed E-state index contributed by atoms with van der Waals surface area (Å²) in [6.45, 7) is 6.85. The molecule has 7 nitrogen and oxygen atoms in total. The van der Waals surface area contributed by atoms with Crippen LogP contribution in [0.5, 0.6) is 0 Å². The van der Waals surface area contributed by atoms with Crippen LogP contribution < -0.4 is 10.6 Å². The Balaban J connectivity index is 1.50. The number of amides is 2. The fourth-order valence-electron chi connectivity index (χ4n) is 2.80. The number of rotatable bonds is 7. The van der Waals surface area contributed by atoms with Gasteiger partial charge in [-0.15, -0.1) is 17.9 Å². The molecular weight excluding hydrogens is 398 g/mol. The molecule has 1 aromatic carbocycles. The summed E-state index contributed by atoms with van der Waals surface area (Å²) in [7, 11) is 0. The number of hydrogen-bond donors (Lipinski definition) is 2. The first kappa shape index (κ1) is 20.3. The van der Waals surface area contributed by atoms with Gasteiger partial charge in [-0.25, -0.2) is 4.98 Å². The van der Waals surface area contributed by atoms with E-state index in [4.69, 9.17) is 11.6 Å². The summed E-state index contributed by atoms with van der Waals surface area (Å²) in [5, 5.41) is 9.02. The molecule has 1 saturated heterocycles. The van der Waals surface area contributed by atoms with Crippen LogP contribution in [0.4, 0.5) is 10.8 Å². The molecule has 1 aromatic heterocycles. The van der Waals surface area contributed by atoms with Crippen molar-refractivity contribution in [2.45, 2.75) is 0 Å². The third-order valence-electron chi connectivity index (χ3n) is 4.29. The van der Waals surface area contributed by atoms with E-state index in [2.05, 4.69) is 22.2 Å². The molecule has 28 heavy (non-hydrogen) atoms. The van der Waals surface area contributed by atoms with E-state index in [0.29, 0.717) is 55.1 Å². The van der Waals surface area contributed by atoms with Crippen LogP contribution in [0.2, 0.25) is 5.02 Å². The Morgan fingerprint density at radius 3 is 2.61 bits per heavy atom. The van der Waals surface area contributed by atoms with Crippen LogP contribution in [-0.2, 0) is 4.79 Å². The molecule has 0 unspecified atom stereocenters. The summed E-state index contributed by atoms with van der Waals surface area (Å²) < 4.78 is 0. The minimum Gasteiger partial charge on any atom is -0.352 e. The van der Waals surface area contributed by atoms with Gasteiger partial charge in [0, 0.05) is 48.8 Å². The van der Waals surface area contributed by atoms with Crippen LogP contribution in [-0.4, -0.2) is 65.9 Å². The maximum Gasteiger partial charge on any atom is 0.273 e. The third kappa shape index (κ3) is 5.54. The lowest BCUT2D eigenvalue weighted by molar-refractivity contribution is -0.122. The first-order chi connectivity index (χ1) is 13.5. The van der Waals surface area contributed by atoms with Gasteiger partial charge in [0.25, 0.3) is 5.91 Å². The normalized spacial score (nSPS) is 14.5. The number of carbonyl (C=O) groups is 2. The minimum absolute atomic E-state index is 0.0305. The van der Waals surface area contributed by atoms with Crippen LogP contribution in [0, 0.1) is 0 Å². The lowest BCUT2D eigenvalue weighted by atomic mass is 10.3. The molecule has 9 heteroatoms. The molecule has 2 aromatic rings. The Hall–Kier alpha value is -2.42. The van der Waals surface area contributed by atoms with Crippen molar-refractivity contribution in [1.82, 2.24) is 20.1 Å². The summed E-state index contributed by atoms with van der Waals surface area (Å²) in [4.78, 5) is 32.7. The van der Waals surface area contributed by atoms with Gasteiger partial charge < -0.3 is 15.5 Å². The quantitative estimate of drug-likeness (QED) is 0.674. The minimum atomic E-state index is -0.0869. The number of anilines is 2. The molecule has 0 atom stereocenters. The van der Waals surface area contributed by atoms with Crippen molar-refractivity contribution in [3.8, 4) is 0 Å². The van der Waals surface area contributed by atoms with Crippen molar-refractivity contribution >= 4 is 45.6 Å². The largest absolute Gasteiger partial charge is 0.352 e. The Labute approximate surface area is 173 Å². The Bertz CT molecular complexity index is 831. The number of thiazole rings is 1. The highest BCUT2D eigenvalue weighted by molar-refractivity contribution is 7.14. The highest BCUT2D eigenvalue weighted by Gasteiger charge is 2.24. The number of hydrogen-bond acceptors (Lipinski definition) is 6. The number of nitrogens with zero attached hydrogens (tertiary/aromatic N) is 3. The molecule has 1 aliphatic rings. The van der Waals surface area contributed by atoms with E-state index >= 15 is 0 Å². The average molecular weight is 420 g/mol. The maximum absolute atomic E-state index is 12.7. The Morgan fingerprint density at radius 2 is 1.93 bits per heavy atom. The lowest BCUT2D eigenvalue weighted by Gasteiger charge is -2.33. The molecule has 0 saturated carbocycles. The zero-order valence-electron chi connectivity index (χ0n) is 15.4. The second kappa shape index (κ2) is 9.68. The van der Waals surface area contributed by atoms with Crippen molar-refractivity contribution in [1.29, 1.82) is 0 Å². The zero-order valence-corrected chi connectivity index (χ0v) is 16.9. The highest BCUT2D eigenvalue weighted by Crippen LogP contribution is 2.23. The summed E-state index contributed by atoms with van der Waals surface area (Å²) in [5.74, 6) is -0.117. The van der Waals surface area contributed by atoms with E-state index in [1.807, 2.05) is 17.0 Å². The smallest absolute Gasteiger partial charge is 0.273 e. The summed E-state index contributed by atoms with van der Waals surface area (Å²) in [5.41, 5.74) is 1.29. The van der Waals surface area contributed by atoms with Gasteiger partial charge in [-0.3, -0.25) is 14.5 Å². The van der Waals surface area contributed by atoms with Crippen LogP contribution in [0.15, 0.2) is 42.3 Å². The number of benzene rings is 1. The maximum atomic E-state index is 12.7. The van der Waals surface area contributed by atoms with Gasteiger partial charge in [0.2, 0.25) is 5.91 Å². The Kier molecular flexibility index (Phi) is 7.02. The van der Waals surface area contributed by atoms with Gasteiger partial charge in [-0.2, -0.15) is 0 Å². The molecular formula is C19H22ClN5O2S. The van der Waals surface area contributed by atoms with Crippen LogP contribution >= 0.6 is 22.9 Å². The molecule has 0 bridgehead atoms. The van der Waals surface area contributed by atoms with Crippen LogP contribution in [0.3, 0.4) is 0 Å². The molecule has 148 valence electrons. The van der Waals surface area contributed by atoms with E-state index in [0.717, 1.165) is 5.69 Å². The standard InChI is InChI=1S/C19H22ClN5O2S/c1-2-7-21-17(26)12-24-8-10-25(11-9-24)18(27)16-13-28-19(23-16)22-15-5-3-14(20)4-6-15/h2-6,13H,1,7-12H2,(H,21,26)(H,22,23). The lowest BCUT2D eigenvalue weighted by Crippen LogP contribution is -2.51. The summed E-state index contributed by atoms with van der Waals surface area (Å²) >= 11 is 7.27. The molecule has 0 spiro atoms. The molecule has 0 radical (unpaired) electrons. The first-order valence-electron chi connectivity index (χ1n) is 8.92. The van der Waals surface area contributed by atoms with Gasteiger partial charge in [-0.05, 0) is 24.3 Å². The second-order valence-electron chi connectivity index (χ2n) is 6.33. The zero-order chi connectivity index (χ0) is 19.9. The third-order valence-corrected chi connectivity index (χ3v) is 5.30. The topological polar surface area (TPSA) is 77.6 Å². The molecule has 1 aliphatic heterocycles. The van der Waals surface area contributed by atoms with E-state index in [-0.39, 0.29) is 11.8 Å². The van der Waals surface area contributed by atoms with Crippen LogP contribution in [0.25, 0.3) is 0 Å². The highest BCUT2D eigenvalue weighted by atomic mass is 35.5. The van der Waals surface area contributed by atoms with E-state index in [1.165, 1.54) is 11.3 Å². The van der Waals surface area contributed by atoms with E-state index in [9.17, 15) is 9.59 Å². The van der Waals surface area contributed by atoms with E-state index < -0.39 is 0 Å². The van der Waals surface area contributed by atoms with Crippen molar-refractivity contribution in [2.75, 3.05) is 44.6 Å². The fourth-order valence-corrected chi connectivity index (χ4v) is 3.63. The van der Waals surface area contributed by atoms with Crippen LogP contribution in [0.1, 0.15) is 10.5 Å². The average Bonchev–Trinajstić information content (AvgIpc) is 3.17. The van der Waals surface area contributed by atoms with Crippen molar-refractivity contribution in [3.63, 3.8) is 0 Å². The molecule has 1 fully saturated rings. The first-order valence-corrected chi connectivity index (χ1v) is 10.2. The number of halogens is 1.